The summed E-state index contributed by atoms with van der Waals surface area (Å²) in [6.45, 7) is 3.69. The molecule has 8 heteroatoms. The number of ether oxygens (including phenoxy) is 1. The van der Waals surface area contributed by atoms with Crippen LogP contribution >= 0.6 is 0 Å². The van der Waals surface area contributed by atoms with E-state index in [9.17, 15) is 24.6 Å². The van der Waals surface area contributed by atoms with Gasteiger partial charge in [-0.25, -0.2) is 4.79 Å². The minimum Gasteiger partial charge on any atom is -0.481 e. The van der Waals surface area contributed by atoms with Gasteiger partial charge in [-0.2, -0.15) is 0 Å². The molecule has 0 radical (unpaired) electrons. The largest absolute Gasteiger partial charge is 0.481 e. The Bertz CT molecular complexity index is 1040. The lowest BCUT2D eigenvalue weighted by molar-refractivity contribution is -0.141. The van der Waals surface area contributed by atoms with Gasteiger partial charge in [-0.15, -0.1) is 0 Å². The first kappa shape index (κ1) is 22.8. The summed E-state index contributed by atoms with van der Waals surface area (Å²) < 4.78 is 5.44. The number of aliphatic carboxylic acids is 1. The van der Waals surface area contributed by atoms with E-state index in [1.54, 1.807) is 0 Å². The first-order valence-corrected chi connectivity index (χ1v) is 11.0. The van der Waals surface area contributed by atoms with Gasteiger partial charge in [-0.3, -0.25) is 9.59 Å². The van der Waals surface area contributed by atoms with Crippen molar-refractivity contribution in [2.24, 2.45) is 5.41 Å². The van der Waals surface area contributed by atoms with E-state index in [1.165, 1.54) is 0 Å². The Balaban J connectivity index is 1.40. The number of aliphatic hydroxyl groups excluding tert-OH is 1. The molecule has 1 saturated carbocycles. The van der Waals surface area contributed by atoms with E-state index in [0.717, 1.165) is 22.3 Å². The van der Waals surface area contributed by atoms with Crippen molar-refractivity contribution in [1.29, 1.82) is 0 Å². The standard InChI is InChI=1S/C25H28N2O6/c1-25(2)20(12-21(25)28)27-23(31)19(11-22(29)30)26-24(32)33-13-18-16-9-5-3-7-14(16)15-8-4-6-10-17(15)18/h3-10,18-21,28H,11-13H2,1-2H3,(H,26,32)(H,27,31)(H,29,30). The zero-order valence-electron chi connectivity index (χ0n) is 18.6. The average molecular weight is 453 g/mol. The Labute approximate surface area is 192 Å². The molecule has 0 saturated heterocycles. The lowest BCUT2D eigenvalue weighted by Gasteiger charge is -2.49. The van der Waals surface area contributed by atoms with Gasteiger partial charge in [0.05, 0.1) is 12.5 Å². The minimum absolute atomic E-state index is 0.0586. The number of aliphatic hydroxyl groups is 1. The molecule has 3 atom stereocenters. The molecule has 2 aliphatic rings. The molecule has 0 aliphatic heterocycles. The van der Waals surface area contributed by atoms with Crippen molar-refractivity contribution in [3.8, 4) is 11.1 Å². The fourth-order valence-electron chi connectivity index (χ4n) is 4.59. The maximum atomic E-state index is 12.7. The smallest absolute Gasteiger partial charge is 0.407 e. The van der Waals surface area contributed by atoms with Gasteiger partial charge < -0.3 is 25.6 Å². The first-order chi connectivity index (χ1) is 15.7. The van der Waals surface area contributed by atoms with E-state index in [0.29, 0.717) is 6.42 Å². The predicted octanol–water partition coefficient (Wildman–Crippen LogP) is 2.64. The highest BCUT2D eigenvalue weighted by atomic mass is 16.5. The number of fused-ring (bicyclic) bond motifs is 3. The fourth-order valence-corrected chi connectivity index (χ4v) is 4.59. The number of benzene rings is 2. The van der Waals surface area contributed by atoms with Crippen LogP contribution < -0.4 is 10.6 Å². The van der Waals surface area contributed by atoms with Gasteiger partial charge in [0.25, 0.3) is 0 Å². The molecule has 174 valence electrons. The molecule has 8 nitrogen and oxygen atoms in total. The van der Waals surface area contributed by atoms with Crippen LogP contribution in [0.2, 0.25) is 0 Å². The molecule has 0 bridgehead atoms. The normalized spacial score (nSPS) is 21.2. The number of hydrogen-bond donors (Lipinski definition) is 4. The van der Waals surface area contributed by atoms with Crippen LogP contribution in [0.15, 0.2) is 48.5 Å². The summed E-state index contributed by atoms with van der Waals surface area (Å²) in [5.74, 6) is -1.98. The summed E-state index contributed by atoms with van der Waals surface area (Å²) in [6.07, 6.45) is -1.60. The number of nitrogens with one attached hydrogen (secondary N) is 2. The molecule has 3 unspecified atom stereocenters. The highest BCUT2D eigenvalue weighted by molar-refractivity contribution is 5.89. The van der Waals surface area contributed by atoms with Crippen molar-refractivity contribution in [2.45, 2.75) is 50.8 Å². The van der Waals surface area contributed by atoms with Crippen molar-refractivity contribution < 1.29 is 29.3 Å². The van der Waals surface area contributed by atoms with E-state index >= 15 is 0 Å². The monoisotopic (exact) mass is 452 g/mol. The third-order valence-corrected chi connectivity index (χ3v) is 6.86. The predicted molar refractivity (Wildman–Crippen MR) is 121 cm³/mol. The van der Waals surface area contributed by atoms with Crippen LogP contribution in [0.4, 0.5) is 4.79 Å². The van der Waals surface area contributed by atoms with E-state index < -0.39 is 42.0 Å². The summed E-state index contributed by atoms with van der Waals surface area (Å²) in [7, 11) is 0. The topological polar surface area (TPSA) is 125 Å². The number of carboxylic acid groups (broad SMARTS) is 1. The summed E-state index contributed by atoms with van der Waals surface area (Å²) in [5, 5.41) is 24.2. The molecular formula is C25H28N2O6. The first-order valence-electron chi connectivity index (χ1n) is 11.0. The third kappa shape index (κ3) is 4.43. The van der Waals surface area contributed by atoms with Gasteiger partial charge in [-0.1, -0.05) is 62.4 Å². The summed E-state index contributed by atoms with van der Waals surface area (Å²) in [6, 6.07) is 14.3. The van der Waals surface area contributed by atoms with Crippen molar-refractivity contribution in [3.05, 3.63) is 59.7 Å². The molecule has 0 aromatic heterocycles. The van der Waals surface area contributed by atoms with Gasteiger partial charge in [0.2, 0.25) is 5.91 Å². The second kappa shape index (κ2) is 8.86. The van der Waals surface area contributed by atoms with Crippen LogP contribution in [0, 0.1) is 5.41 Å². The van der Waals surface area contributed by atoms with Crippen LogP contribution in [0.3, 0.4) is 0 Å². The number of amides is 2. The lowest BCUT2D eigenvalue weighted by Crippen LogP contribution is -2.63. The molecule has 0 heterocycles. The van der Waals surface area contributed by atoms with E-state index in [-0.39, 0.29) is 18.6 Å². The van der Waals surface area contributed by atoms with E-state index in [2.05, 4.69) is 10.6 Å². The number of carboxylic acids is 1. The van der Waals surface area contributed by atoms with Crippen molar-refractivity contribution in [3.63, 3.8) is 0 Å². The zero-order valence-corrected chi connectivity index (χ0v) is 18.6. The summed E-state index contributed by atoms with van der Waals surface area (Å²) in [4.78, 5) is 36.5. The minimum atomic E-state index is -1.29. The van der Waals surface area contributed by atoms with Crippen LogP contribution in [0.25, 0.3) is 11.1 Å². The maximum Gasteiger partial charge on any atom is 0.407 e. The van der Waals surface area contributed by atoms with Gasteiger partial charge in [0, 0.05) is 17.4 Å². The number of alkyl carbamates (subject to hydrolysis) is 1. The van der Waals surface area contributed by atoms with Crippen molar-refractivity contribution in [1.82, 2.24) is 10.6 Å². The van der Waals surface area contributed by atoms with E-state index in [1.807, 2.05) is 62.4 Å². The molecule has 2 aromatic rings. The Morgan fingerprint density at radius 2 is 1.64 bits per heavy atom. The summed E-state index contributed by atoms with van der Waals surface area (Å²) in [5.41, 5.74) is 3.77. The Morgan fingerprint density at radius 1 is 1.06 bits per heavy atom. The van der Waals surface area contributed by atoms with Crippen LogP contribution in [-0.4, -0.2) is 53.0 Å². The Hall–Kier alpha value is -3.39. The number of carbonyl (C=O) groups excluding carboxylic acids is 2. The fraction of sp³-hybridized carbons (Fsp3) is 0.400. The van der Waals surface area contributed by atoms with Gasteiger partial charge in [0.1, 0.15) is 12.6 Å². The van der Waals surface area contributed by atoms with Gasteiger partial charge in [-0.05, 0) is 28.7 Å². The lowest BCUT2D eigenvalue weighted by atomic mass is 9.64. The van der Waals surface area contributed by atoms with Crippen molar-refractivity contribution in [2.75, 3.05) is 6.61 Å². The molecule has 2 aliphatic carbocycles. The van der Waals surface area contributed by atoms with E-state index in [4.69, 9.17) is 4.74 Å². The Kier molecular flexibility index (Phi) is 6.12. The third-order valence-electron chi connectivity index (χ3n) is 6.86. The quantitative estimate of drug-likeness (QED) is 0.512. The maximum absolute atomic E-state index is 12.7. The number of rotatable bonds is 7. The molecular weight excluding hydrogens is 424 g/mol. The van der Waals surface area contributed by atoms with Gasteiger partial charge >= 0.3 is 12.1 Å². The molecule has 4 rings (SSSR count). The number of hydrogen-bond acceptors (Lipinski definition) is 5. The Morgan fingerprint density at radius 3 is 2.15 bits per heavy atom. The van der Waals surface area contributed by atoms with Crippen LogP contribution in [0.1, 0.15) is 43.7 Å². The molecule has 4 N–H and O–H groups in total. The molecule has 0 spiro atoms. The van der Waals surface area contributed by atoms with Crippen molar-refractivity contribution >= 4 is 18.0 Å². The zero-order chi connectivity index (χ0) is 23.8. The average Bonchev–Trinajstić information content (AvgIpc) is 3.10. The molecule has 33 heavy (non-hydrogen) atoms. The SMILES string of the molecule is CC1(C)C(O)CC1NC(=O)C(CC(=O)O)NC(=O)OCC1c2ccccc2-c2ccccc21. The number of carbonyl (C=O) groups is 3. The summed E-state index contributed by atoms with van der Waals surface area (Å²) >= 11 is 0. The highest BCUT2D eigenvalue weighted by Gasteiger charge is 2.48. The second-order valence-electron chi connectivity index (χ2n) is 9.25. The van der Waals surface area contributed by atoms with Gasteiger partial charge in [0.15, 0.2) is 0 Å². The highest BCUT2D eigenvalue weighted by Crippen LogP contribution is 2.44. The van der Waals surface area contributed by atoms with Crippen LogP contribution in [0.5, 0.6) is 0 Å². The molecule has 1 fully saturated rings. The molecule has 2 aromatic carbocycles. The molecule has 2 amide bonds. The van der Waals surface area contributed by atoms with Crippen LogP contribution in [-0.2, 0) is 14.3 Å². The second-order valence-corrected chi connectivity index (χ2v) is 9.25.